The zero-order chi connectivity index (χ0) is 14.7. The molecule has 6 nitrogen and oxygen atoms in total. The lowest BCUT2D eigenvalue weighted by atomic mass is 10.1. The molecule has 110 valence electrons. The minimum absolute atomic E-state index is 0.0850. The molecule has 6 heteroatoms. The van der Waals surface area contributed by atoms with E-state index in [1.165, 1.54) is 5.56 Å². The van der Waals surface area contributed by atoms with E-state index >= 15 is 0 Å². The van der Waals surface area contributed by atoms with Crippen molar-refractivity contribution < 1.29 is 9.90 Å². The molecule has 1 aromatic carbocycles. The van der Waals surface area contributed by atoms with Crippen LogP contribution in [-0.2, 0) is 24.2 Å². The highest BCUT2D eigenvalue weighted by atomic mass is 16.4. The van der Waals surface area contributed by atoms with Crippen LogP contribution in [0.4, 0.5) is 0 Å². The Bertz CT molecular complexity index is 598. The Morgan fingerprint density at radius 1 is 1.19 bits per heavy atom. The lowest BCUT2D eigenvalue weighted by molar-refractivity contribution is -0.138. The summed E-state index contributed by atoms with van der Waals surface area (Å²) in [5.74, 6) is 1.00. The second-order valence-electron chi connectivity index (χ2n) is 5.25. The predicted octanol–water partition coefficient (Wildman–Crippen LogP) is 0.812. The van der Waals surface area contributed by atoms with Gasteiger partial charge in [-0.1, -0.05) is 30.3 Å². The standard InChI is InChI=1S/C15H18N4O2/c20-15(21)11-18-7-6-14-16-13(17-19(14)9-8-18)10-12-4-2-1-3-5-12/h1-5H,6-11H2,(H,20,21). The molecule has 0 saturated carbocycles. The summed E-state index contributed by atoms with van der Waals surface area (Å²) in [6, 6.07) is 10.2. The van der Waals surface area contributed by atoms with Gasteiger partial charge in [-0.2, -0.15) is 5.10 Å². The Labute approximate surface area is 123 Å². The number of rotatable bonds is 4. The molecule has 0 bridgehead atoms. The highest BCUT2D eigenvalue weighted by molar-refractivity contribution is 5.69. The van der Waals surface area contributed by atoms with Crippen LogP contribution in [0, 0.1) is 0 Å². The van der Waals surface area contributed by atoms with Crippen LogP contribution in [0.15, 0.2) is 30.3 Å². The summed E-state index contributed by atoms with van der Waals surface area (Å²) < 4.78 is 1.92. The molecular weight excluding hydrogens is 268 g/mol. The third-order valence-corrected chi connectivity index (χ3v) is 3.64. The molecule has 1 aromatic heterocycles. The smallest absolute Gasteiger partial charge is 0.317 e. The van der Waals surface area contributed by atoms with E-state index in [9.17, 15) is 4.79 Å². The number of nitrogens with zero attached hydrogens (tertiary/aromatic N) is 4. The van der Waals surface area contributed by atoms with Crippen molar-refractivity contribution >= 4 is 5.97 Å². The molecule has 0 amide bonds. The van der Waals surface area contributed by atoms with Crippen LogP contribution in [-0.4, -0.2) is 50.4 Å². The molecule has 0 spiro atoms. The van der Waals surface area contributed by atoms with E-state index in [0.717, 1.165) is 31.0 Å². The summed E-state index contributed by atoms with van der Waals surface area (Å²) >= 11 is 0. The molecule has 2 aromatic rings. The van der Waals surface area contributed by atoms with Crippen molar-refractivity contribution in [1.82, 2.24) is 19.7 Å². The molecule has 1 aliphatic rings. The Balaban J connectivity index is 1.67. The Morgan fingerprint density at radius 2 is 2.00 bits per heavy atom. The maximum absolute atomic E-state index is 10.8. The lowest BCUT2D eigenvalue weighted by Gasteiger charge is -2.15. The van der Waals surface area contributed by atoms with Crippen LogP contribution < -0.4 is 0 Å². The zero-order valence-corrected chi connectivity index (χ0v) is 11.8. The van der Waals surface area contributed by atoms with Gasteiger partial charge in [-0.3, -0.25) is 9.69 Å². The van der Waals surface area contributed by atoms with Gasteiger partial charge in [0.05, 0.1) is 13.1 Å². The molecule has 0 unspecified atom stereocenters. The van der Waals surface area contributed by atoms with Gasteiger partial charge in [-0.25, -0.2) is 9.67 Å². The first-order chi connectivity index (χ1) is 10.2. The van der Waals surface area contributed by atoms with E-state index in [1.54, 1.807) is 0 Å². The second kappa shape index (κ2) is 6.05. The molecule has 21 heavy (non-hydrogen) atoms. The van der Waals surface area contributed by atoms with Gasteiger partial charge in [0.2, 0.25) is 0 Å². The molecule has 1 aliphatic heterocycles. The summed E-state index contributed by atoms with van der Waals surface area (Å²) in [6.45, 7) is 2.20. The SMILES string of the molecule is O=C(O)CN1CCc2nc(Cc3ccccc3)nn2CC1. The minimum atomic E-state index is -0.785. The van der Waals surface area contributed by atoms with Crippen molar-refractivity contribution in [3.63, 3.8) is 0 Å². The van der Waals surface area contributed by atoms with Crippen LogP contribution in [0.25, 0.3) is 0 Å². The maximum atomic E-state index is 10.8. The average molecular weight is 286 g/mol. The molecular formula is C15H18N4O2. The number of carboxylic acids is 1. The van der Waals surface area contributed by atoms with E-state index in [2.05, 4.69) is 22.2 Å². The van der Waals surface area contributed by atoms with Gasteiger partial charge >= 0.3 is 5.97 Å². The van der Waals surface area contributed by atoms with Crippen molar-refractivity contribution in [2.24, 2.45) is 0 Å². The minimum Gasteiger partial charge on any atom is -0.480 e. The molecule has 0 radical (unpaired) electrons. The Kier molecular flexibility index (Phi) is 3.96. The molecule has 1 N–H and O–H groups in total. The summed E-state index contributed by atoms with van der Waals surface area (Å²) in [6.07, 6.45) is 1.48. The van der Waals surface area contributed by atoms with Crippen LogP contribution in [0.2, 0.25) is 0 Å². The largest absolute Gasteiger partial charge is 0.480 e. The van der Waals surface area contributed by atoms with Crippen LogP contribution in [0.5, 0.6) is 0 Å². The van der Waals surface area contributed by atoms with E-state index in [4.69, 9.17) is 5.11 Å². The van der Waals surface area contributed by atoms with Crippen LogP contribution in [0.1, 0.15) is 17.2 Å². The summed E-state index contributed by atoms with van der Waals surface area (Å²) in [4.78, 5) is 17.3. The third kappa shape index (κ3) is 3.46. The van der Waals surface area contributed by atoms with Crippen LogP contribution in [0.3, 0.4) is 0 Å². The van der Waals surface area contributed by atoms with Gasteiger partial charge in [0.15, 0.2) is 5.82 Å². The van der Waals surface area contributed by atoms with Gasteiger partial charge in [0.25, 0.3) is 0 Å². The fraction of sp³-hybridized carbons (Fsp3) is 0.400. The van der Waals surface area contributed by atoms with E-state index in [0.29, 0.717) is 13.1 Å². The lowest BCUT2D eigenvalue weighted by Crippen LogP contribution is -2.32. The number of hydrogen-bond acceptors (Lipinski definition) is 4. The molecule has 0 atom stereocenters. The van der Waals surface area contributed by atoms with Crippen LogP contribution >= 0.6 is 0 Å². The first-order valence-corrected chi connectivity index (χ1v) is 7.11. The van der Waals surface area contributed by atoms with E-state index in [-0.39, 0.29) is 6.54 Å². The van der Waals surface area contributed by atoms with E-state index in [1.807, 2.05) is 27.8 Å². The third-order valence-electron chi connectivity index (χ3n) is 3.64. The monoisotopic (exact) mass is 286 g/mol. The number of carboxylic acid groups (broad SMARTS) is 1. The number of fused-ring (bicyclic) bond motifs is 1. The predicted molar refractivity (Wildman–Crippen MR) is 77.0 cm³/mol. The Morgan fingerprint density at radius 3 is 2.76 bits per heavy atom. The molecule has 0 saturated heterocycles. The van der Waals surface area contributed by atoms with Crippen molar-refractivity contribution in [2.75, 3.05) is 19.6 Å². The fourth-order valence-electron chi connectivity index (χ4n) is 2.60. The number of benzene rings is 1. The molecule has 0 fully saturated rings. The molecule has 3 rings (SSSR count). The summed E-state index contributed by atoms with van der Waals surface area (Å²) in [5, 5.41) is 13.4. The summed E-state index contributed by atoms with van der Waals surface area (Å²) in [7, 11) is 0. The highest BCUT2D eigenvalue weighted by Gasteiger charge is 2.18. The quantitative estimate of drug-likeness (QED) is 0.900. The summed E-state index contributed by atoms with van der Waals surface area (Å²) in [5.41, 5.74) is 1.20. The van der Waals surface area contributed by atoms with Crippen molar-refractivity contribution in [3.05, 3.63) is 47.5 Å². The van der Waals surface area contributed by atoms with Gasteiger partial charge in [-0.15, -0.1) is 0 Å². The second-order valence-corrected chi connectivity index (χ2v) is 5.25. The first-order valence-electron chi connectivity index (χ1n) is 7.11. The number of aliphatic carboxylic acids is 1. The van der Waals surface area contributed by atoms with E-state index < -0.39 is 5.97 Å². The highest BCUT2D eigenvalue weighted by Crippen LogP contribution is 2.10. The zero-order valence-electron chi connectivity index (χ0n) is 11.8. The van der Waals surface area contributed by atoms with Gasteiger partial charge in [0, 0.05) is 25.9 Å². The number of aromatic nitrogens is 3. The maximum Gasteiger partial charge on any atom is 0.317 e. The molecule has 2 heterocycles. The van der Waals surface area contributed by atoms with Gasteiger partial charge in [-0.05, 0) is 5.56 Å². The first kappa shape index (κ1) is 13.8. The molecule has 0 aliphatic carbocycles. The van der Waals surface area contributed by atoms with Gasteiger partial charge in [0.1, 0.15) is 5.82 Å². The topological polar surface area (TPSA) is 71.2 Å². The van der Waals surface area contributed by atoms with Crippen molar-refractivity contribution in [1.29, 1.82) is 0 Å². The van der Waals surface area contributed by atoms with Crippen molar-refractivity contribution in [3.8, 4) is 0 Å². The number of carbonyl (C=O) groups is 1. The van der Waals surface area contributed by atoms with Crippen molar-refractivity contribution in [2.45, 2.75) is 19.4 Å². The fourth-order valence-corrected chi connectivity index (χ4v) is 2.60. The average Bonchev–Trinajstić information content (AvgIpc) is 2.75. The van der Waals surface area contributed by atoms with Gasteiger partial charge < -0.3 is 5.11 Å². The Hall–Kier alpha value is -2.21. The number of hydrogen-bond donors (Lipinski definition) is 1. The normalized spacial score (nSPS) is 15.4.